The second-order valence-electron chi connectivity index (χ2n) is 12.1. The largest absolute Gasteiger partial charge is 0.476 e. The zero-order valence-corrected chi connectivity index (χ0v) is 27.9. The minimum absolute atomic E-state index is 0.294. The number of anilines is 1. The van der Waals surface area contributed by atoms with Crippen molar-refractivity contribution in [3.63, 3.8) is 0 Å². The molecule has 0 bridgehead atoms. The van der Waals surface area contributed by atoms with E-state index < -0.39 is 11.6 Å². The number of carbonyl (C=O) groups is 1. The number of unbranched alkanes of at least 4 members (excludes halogenated alkanes) is 6. The number of rotatable bonds is 20. The summed E-state index contributed by atoms with van der Waals surface area (Å²) in [5, 5.41) is 4.47. The van der Waals surface area contributed by atoms with Crippen molar-refractivity contribution in [3.05, 3.63) is 86.6 Å². The molecule has 45 heavy (non-hydrogen) atoms. The number of carbonyl (C=O) groups excluding carboxylic acids is 1. The van der Waals surface area contributed by atoms with Gasteiger partial charge in [0.2, 0.25) is 5.82 Å². The molecule has 9 heteroatoms. The van der Waals surface area contributed by atoms with E-state index in [9.17, 15) is 14.4 Å². The maximum Gasteiger partial charge on any atom is 0.349 e. The van der Waals surface area contributed by atoms with Crippen molar-refractivity contribution in [2.45, 2.75) is 104 Å². The highest BCUT2D eigenvalue weighted by atomic mass is 16.6. The number of benzene rings is 2. The zero-order chi connectivity index (χ0) is 32.7. The first-order chi connectivity index (χ1) is 21.7. The molecule has 0 spiro atoms. The van der Waals surface area contributed by atoms with Crippen molar-refractivity contribution < 1.29 is 14.3 Å². The smallest absolute Gasteiger partial charge is 0.349 e. The molecule has 3 aromatic rings. The summed E-state index contributed by atoms with van der Waals surface area (Å²) in [7, 11) is 1.62. The average Bonchev–Trinajstić information content (AvgIpc) is 3.03. The van der Waals surface area contributed by atoms with E-state index >= 15 is 0 Å². The van der Waals surface area contributed by atoms with Gasteiger partial charge in [-0.3, -0.25) is 9.36 Å². The summed E-state index contributed by atoms with van der Waals surface area (Å²) >= 11 is 0. The summed E-state index contributed by atoms with van der Waals surface area (Å²) in [4.78, 5) is 40.8. The average molecular weight is 621 g/mol. The van der Waals surface area contributed by atoms with Crippen LogP contribution in [0.5, 0.6) is 5.75 Å². The summed E-state index contributed by atoms with van der Waals surface area (Å²) in [5.74, 6) is 0.489. The fourth-order valence-corrected chi connectivity index (χ4v) is 5.29. The lowest BCUT2D eigenvalue weighted by molar-refractivity contribution is -0.158. The molecule has 3 rings (SSSR count). The lowest BCUT2D eigenvalue weighted by Gasteiger charge is -2.25. The predicted octanol–water partition coefficient (Wildman–Crippen LogP) is 6.10. The van der Waals surface area contributed by atoms with E-state index in [2.05, 4.69) is 36.3 Å². The fraction of sp³-hybridized carbons (Fsp3) is 0.556. The molecule has 0 radical (unpaired) electrons. The lowest BCUT2D eigenvalue weighted by atomic mass is 10.1. The number of hydrogen-bond acceptors (Lipinski definition) is 7. The number of ether oxygens (including phenoxy) is 2. The first kappa shape index (κ1) is 35.6. The van der Waals surface area contributed by atoms with Crippen LogP contribution in [0.25, 0.3) is 0 Å². The van der Waals surface area contributed by atoms with Gasteiger partial charge in [0.05, 0.1) is 6.61 Å². The predicted molar refractivity (Wildman–Crippen MR) is 180 cm³/mol. The Hall–Kier alpha value is -3.88. The molecule has 0 aliphatic rings. The quantitative estimate of drug-likeness (QED) is 0.111. The van der Waals surface area contributed by atoms with Crippen molar-refractivity contribution in [2.75, 3.05) is 24.6 Å². The van der Waals surface area contributed by atoms with Crippen LogP contribution in [0.2, 0.25) is 0 Å². The summed E-state index contributed by atoms with van der Waals surface area (Å²) in [6, 6.07) is 18.1. The summed E-state index contributed by atoms with van der Waals surface area (Å²) < 4.78 is 13.7. The molecular weight excluding hydrogens is 568 g/mol. The Bertz CT molecular complexity index is 1430. The number of hydrogen-bond donors (Lipinski definition) is 0. The van der Waals surface area contributed by atoms with E-state index in [1.54, 1.807) is 27.8 Å². The van der Waals surface area contributed by atoms with Gasteiger partial charge in [-0.25, -0.2) is 14.3 Å². The minimum Gasteiger partial charge on any atom is -0.476 e. The van der Waals surface area contributed by atoms with Crippen LogP contribution in [0.4, 0.5) is 5.82 Å². The van der Waals surface area contributed by atoms with E-state index in [-0.39, 0.29) is 11.2 Å². The number of esters is 1. The van der Waals surface area contributed by atoms with E-state index in [0.29, 0.717) is 44.2 Å². The van der Waals surface area contributed by atoms with Crippen molar-refractivity contribution in [1.82, 2.24) is 14.3 Å². The minimum atomic E-state index is -1.10. The Morgan fingerprint density at radius 2 is 1.49 bits per heavy atom. The molecule has 0 aliphatic carbocycles. The maximum atomic E-state index is 13.7. The number of aromatic nitrogens is 3. The normalized spacial score (nSPS) is 11.4. The van der Waals surface area contributed by atoms with Gasteiger partial charge in [-0.2, -0.15) is 0 Å². The monoisotopic (exact) mass is 620 g/mol. The molecule has 2 aromatic carbocycles. The molecule has 1 heterocycles. The fourth-order valence-electron chi connectivity index (χ4n) is 5.29. The van der Waals surface area contributed by atoms with E-state index in [0.717, 1.165) is 63.4 Å². The van der Waals surface area contributed by atoms with Gasteiger partial charge in [-0.05, 0) is 76.1 Å². The van der Waals surface area contributed by atoms with Crippen LogP contribution in [-0.4, -0.2) is 45.6 Å². The van der Waals surface area contributed by atoms with Gasteiger partial charge in [-0.15, -0.1) is 5.10 Å². The Morgan fingerprint density at radius 3 is 2.18 bits per heavy atom. The third-order valence-electron chi connectivity index (χ3n) is 7.94. The van der Waals surface area contributed by atoms with Crippen molar-refractivity contribution >= 4 is 11.8 Å². The van der Waals surface area contributed by atoms with Crippen LogP contribution < -0.4 is 20.9 Å². The van der Waals surface area contributed by atoms with E-state index in [4.69, 9.17) is 9.47 Å². The third kappa shape index (κ3) is 11.2. The molecule has 0 atom stereocenters. The van der Waals surface area contributed by atoms with Crippen LogP contribution in [0.1, 0.15) is 90.2 Å². The molecular formula is C36H52N4O5. The first-order valence-corrected chi connectivity index (χ1v) is 16.6. The summed E-state index contributed by atoms with van der Waals surface area (Å²) in [6.07, 6.45) is 9.85. The topological polar surface area (TPSA) is 95.7 Å². The molecule has 0 unspecified atom stereocenters. The summed E-state index contributed by atoms with van der Waals surface area (Å²) in [6.45, 7) is 9.25. The van der Waals surface area contributed by atoms with Crippen LogP contribution in [0, 0.1) is 0 Å². The molecule has 0 aliphatic heterocycles. The molecule has 0 amide bonds. The van der Waals surface area contributed by atoms with Crippen LogP contribution in [-0.2, 0) is 36.0 Å². The van der Waals surface area contributed by atoms with Crippen LogP contribution in [0.3, 0.4) is 0 Å². The van der Waals surface area contributed by atoms with E-state index in [1.165, 1.54) is 14.8 Å². The van der Waals surface area contributed by atoms with Crippen LogP contribution in [0.15, 0.2) is 64.2 Å². The Morgan fingerprint density at radius 1 is 0.822 bits per heavy atom. The number of aryl methyl sites for hydroxylation is 2. The third-order valence-corrected chi connectivity index (χ3v) is 7.94. The summed E-state index contributed by atoms with van der Waals surface area (Å²) in [5.41, 5.74) is 0.603. The Labute approximate surface area is 268 Å². The van der Waals surface area contributed by atoms with Gasteiger partial charge >= 0.3 is 11.7 Å². The number of nitrogens with zero attached hydrogens (tertiary/aromatic N) is 4. The van der Waals surface area contributed by atoms with Gasteiger partial charge in [0.15, 0.2) is 5.60 Å². The molecule has 0 N–H and O–H groups in total. The second kappa shape index (κ2) is 18.2. The highest BCUT2D eigenvalue weighted by Gasteiger charge is 2.31. The molecule has 0 fully saturated rings. The first-order valence-electron chi connectivity index (χ1n) is 16.6. The van der Waals surface area contributed by atoms with Gasteiger partial charge in [-0.1, -0.05) is 81.5 Å². The van der Waals surface area contributed by atoms with Crippen molar-refractivity contribution in [2.24, 2.45) is 7.05 Å². The second-order valence-corrected chi connectivity index (χ2v) is 12.1. The van der Waals surface area contributed by atoms with Gasteiger partial charge in [0, 0.05) is 26.7 Å². The maximum absolute atomic E-state index is 13.7. The Kier molecular flexibility index (Phi) is 14.4. The lowest BCUT2D eigenvalue weighted by Crippen LogP contribution is -2.45. The van der Waals surface area contributed by atoms with Gasteiger partial charge in [0.1, 0.15) is 5.75 Å². The highest BCUT2D eigenvalue weighted by Crippen LogP contribution is 2.21. The zero-order valence-electron chi connectivity index (χ0n) is 27.9. The molecule has 0 saturated heterocycles. The van der Waals surface area contributed by atoms with Gasteiger partial charge in [0.25, 0.3) is 5.56 Å². The SMILES string of the molecule is CCCCCCCn1c(=O)c(N(CCCCCc2ccccc2)CCc2ccc(OC(C)(C)C(=O)OCC)cc2)nn(C)c1=O. The van der Waals surface area contributed by atoms with Crippen LogP contribution >= 0.6 is 0 Å². The van der Waals surface area contributed by atoms with Crippen molar-refractivity contribution in [1.29, 1.82) is 0 Å². The van der Waals surface area contributed by atoms with E-state index in [1.807, 2.05) is 35.2 Å². The van der Waals surface area contributed by atoms with Crippen molar-refractivity contribution in [3.8, 4) is 5.75 Å². The molecule has 1 aromatic heterocycles. The van der Waals surface area contributed by atoms with Gasteiger partial charge < -0.3 is 14.4 Å². The molecule has 246 valence electrons. The molecule has 0 saturated carbocycles. The highest BCUT2D eigenvalue weighted by molar-refractivity contribution is 5.79. The molecule has 9 nitrogen and oxygen atoms in total. The standard InChI is InChI=1S/C36H52N4O5/c1-6-8-9-10-17-27-40-33(41)32(37-38(5)35(40)43)39(26-16-12-15-20-29-18-13-11-14-19-29)28-25-30-21-23-31(24-22-30)45-36(3,4)34(42)44-7-2/h11,13-14,18-19,21-24H,6-10,12,15-17,20,25-28H2,1-5H3. The Balaban J connectivity index is 1.73.